The fraction of sp³-hybridized carbons (Fsp3) is 0.312. The number of hydrogen-bond donors (Lipinski definition) is 0. The predicted octanol–water partition coefficient (Wildman–Crippen LogP) is 4.30. The summed E-state index contributed by atoms with van der Waals surface area (Å²) in [6, 6.07) is 6.64. The van der Waals surface area contributed by atoms with Gasteiger partial charge in [0.15, 0.2) is 11.0 Å². The maximum Gasteiger partial charge on any atom is 0.319 e. The van der Waals surface area contributed by atoms with Gasteiger partial charge in [-0.25, -0.2) is 9.37 Å². The van der Waals surface area contributed by atoms with E-state index in [9.17, 15) is 13.2 Å². The van der Waals surface area contributed by atoms with Crippen molar-refractivity contribution < 1.29 is 13.2 Å². The van der Waals surface area contributed by atoms with Gasteiger partial charge in [-0.3, -0.25) is 9.13 Å². The number of aromatic nitrogens is 5. The standard InChI is InChI=1S/C16H14F3N5S/c17-12-4-2-1-3-11(12)14-21-22-16(24(14)10-5-6-10)25-9-13-20-7-8-23(13)15(18)19/h1-4,7-8,10,15H,5-6,9H2. The maximum atomic E-state index is 14.1. The van der Waals surface area contributed by atoms with Gasteiger partial charge in [0.05, 0.1) is 11.3 Å². The molecule has 0 spiro atoms. The highest BCUT2D eigenvalue weighted by Crippen LogP contribution is 2.41. The van der Waals surface area contributed by atoms with Crippen LogP contribution in [0.4, 0.5) is 13.2 Å². The van der Waals surface area contributed by atoms with Crippen LogP contribution in [0.2, 0.25) is 0 Å². The lowest BCUT2D eigenvalue weighted by Gasteiger charge is -2.10. The van der Waals surface area contributed by atoms with Crippen LogP contribution in [0.5, 0.6) is 0 Å². The first-order chi connectivity index (χ1) is 12.1. The third-order valence-electron chi connectivity index (χ3n) is 3.98. The Balaban J connectivity index is 1.63. The number of thioether (sulfide) groups is 1. The maximum absolute atomic E-state index is 14.1. The van der Waals surface area contributed by atoms with Crippen molar-refractivity contribution in [2.45, 2.75) is 36.3 Å². The van der Waals surface area contributed by atoms with E-state index in [-0.39, 0.29) is 23.4 Å². The lowest BCUT2D eigenvalue weighted by atomic mass is 10.2. The first kappa shape index (κ1) is 16.2. The second kappa shape index (κ2) is 6.55. The fourth-order valence-electron chi connectivity index (χ4n) is 2.63. The van der Waals surface area contributed by atoms with E-state index in [0.29, 0.717) is 16.5 Å². The second-order valence-corrected chi connectivity index (χ2v) is 6.65. The Labute approximate surface area is 145 Å². The Morgan fingerprint density at radius 3 is 2.72 bits per heavy atom. The molecule has 0 saturated heterocycles. The van der Waals surface area contributed by atoms with Crippen LogP contribution >= 0.6 is 11.8 Å². The van der Waals surface area contributed by atoms with Crippen molar-refractivity contribution in [3.05, 3.63) is 48.3 Å². The molecule has 0 radical (unpaired) electrons. The summed E-state index contributed by atoms with van der Waals surface area (Å²) in [5.74, 6) is 0.610. The molecule has 5 nitrogen and oxygen atoms in total. The third kappa shape index (κ3) is 3.15. The Morgan fingerprint density at radius 1 is 1.20 bits per heavy atom. The van der Waals surface area contributed by atoms with Crippen molar-refractivity contribution in [2.75, 3.05) is 0 Å². The monoisotopic (exact) mass is 365 g/mol. The number of imidazole rings is 1. The van der Waals surface area contributed by atoms with Crippen LogP contribution in [-0.4, -0.2) is 24.3 Å². The van der Waals surface area contributed by atoms with Gasteiger partial charge in [-0.2, -0.15) is 8.78 Å². The van der Waals surface area contributed by atoms with Crippen molar-refractivity contribution in [1.82, 2.24) is 24.3 Å². The molecular weight excluding hydrogens is 351 g/mol. The van der Waals surface area contributed by atoms with E-state index < -0.39 is 6.55 Å². The summed E-state index contributed by atoms with van der Waals surface area (Å²) in [6.07, 6.45) is 4.53. The zero-order valence-corrected chi connectivity index (χ0v) is 13.8. The molecule has 25 heavy (non-hydrogen) atoms. The minimum Gasteiger partial charge on any atom is -0.299 e. The van der Waals surface area contributed by atoms with Gasteiger partial charge in [-0.1, -0.05) is 23.9 Å². The zero-order chi connectivity index (χ0) is 17.4. The molecule has 0 atom stereocenters. The van der Waals surface area contributed by atoms with Gasteiger partial charge in [0.1, 0.15) is 11.6 Å². The van der Waals surface area contributed by atoms with Crippen LogP contribution in [0.15, 0.2) is 41.8 Å². The minimum atomic E-state index is -2.63. The van der Waals surface area contributed by atoms with E-state index in [4.69, 9.17) is 0 Å². The Bertz CT molecular complexity index is 888. The summed E-state index contributed by atoms with van der Waals surface area (Å²) in [5, 5.41) is 8.88. The van der Waals surface area contributed by atoms with E-state index in [1.165, 1.54) is 30.2 Å². The summed E-state index contributed by atoms with van der Waals surface area (Å²) in [4.78, 5) is 3.97. The van der Waals surface area contributed by atoms with E-state index in [2.05, 4.69) is 15.2 Å². The molecule has 2 aromatic heterocycles. The number of hydrogen-bond acceptors (Lipinski definition) is 4. The topological polar surface area (TPSA) is 48.5 Å². The average molecular weight is 365 g/mol. The van der Waals surface area contributed by atoms with Crippen molar-refractivity contribution in [3.8, 4) is 11.4 Å². The van der Waals surface area contributed by atoms with Gasteiger partial charge < -0.3 is 0 Å². The fourth-order valence-corrected chi connectivity index (χ4v) is 3.58. The van der Waals surface area contributed by atoms with Crippen LogP contribution in [-0.2, 0) is 5.75 Å². The molecule has 1 aromatic carbocycles. The highest BCUT2D eigenvalue weighted by Gasteiger charge is 2.31. The van der Waals surface area contributed by atoms with Crippen molar-refractivity contribution in [1.29, 1.82) is 0 Å². The first-order valence-electron chi connectivity index (χ1n) is 7.77. The van der Waals surface area contributed by atoms with E-state index in [1.54, 1.807) is 18.2 Å². The number of halogens is 3. The summed E-state index contributed by atoms with van der Waals surface area (Å²) in [5.41, 5.74) is 0.392. The summed E-state index contributed by atoms with van der Waals surface area (Å²) < 4.78 is 42.7. The highest BCUT2D eigenvalue weighted by atomic mass is 32.2. The molecular formula is C16H14F3N5S. The minimum absolute atomic E-state index is 0.224. The average Bonchev–Trinajstić information content (AvgIpc) is 3.17. The molecule has 1 aliphatic carbocycles. The number of rotatable bonds is 6. The third-order valence-corrected chi connectivity index (χ3v) is 4.92. The molecule has 1 saturated carbocycles. The van der Waals surface area contributed by atoms with Crippen molar-refractivity contribution in [3.63, 3.8) is 0 Å². The van der Waals surface area contributed by atoms with Gasteiger partial charge in [0, 0.05) is 18.4 Å². The summed E-state index contributed by atoms with van der Waals surface area (Å²) in [7, 11) is 0. The number of nitrogens with zero attached hydrogens (tertiary/aromatic N) is 5. The molecule has 3 aromatic rings. The molecule has 0 unspecified atom stereocenters. The smallest absolute Gasteiger partial charge is 0.299 e. The van der Waals surface area contributed by atoms with Crippen LogP contribution in [0.25, 0.3) is 11.4 Å². The normalized spacial score (nSPS) is 14.4. The Morgan fingerprint density at radius 2 is 2.00 bits per heavy atom. The predicted molar refractivity (Wildman–Crippen MR) is 86.7 cm³/mol. The van der Waals surface area contributed by atoms with Gasteiger partial charge in [-0.05, 0) is 25.0 Å². The van der Waals surface area contributed by atoms with Gasteiger partial charge >= 0.3 is 6.55 Å². The SMILES string of the molecule is Fc1ccccc1-c1nnc(SCc2nccn2C(F)F)n1C1CC1. The molecule has 0 aliphatic heterocycles. The quantitative estimate of drug-likeness (QED) is 0.611. The van der Waals surface area contributed by atoms with E-state index >= 15 is 0 Å². The van der Waals surface area contributed by atoms with Gasteiger partial charge in [-0.15, -0.1) is 10.2 Å². The van der Waals surface area contributed by atoms with Crippen LogP contribution in [0.3, 0.4) is 0 Å². The van der Waals surface area contributed by atoms with Crippen LogP contribution < -0.4 is 0 Å². The highest BCUT2D eigenvalue weighted by molar-refractivity contribution is 7.98. The van der Waals surface area contributed by atoms with Crippen LogP contribution in [0.1, 0.15) is 31.3 Å². The zero-order valence-electron chi connectivity index (χ0n) is 13.0. The molecule has 0 N–H and O–H groups in total. The van der Waals surface area contributed by atoms with Gasteiger partial charge in [0.2, 0.25) is 0 Å². The molecule has 1 aliphatic rings. The number of benzene rings is 1. The van der Waals surface area contributed by atoms with Crippen molar-refractivity contribution >= 4 is 11.8 Å². The van der Waals surface area contributed by atoms with Crippen LogP contribution in [0, 0.1) is 5.82 Å². The Hall–Kier alpha value is -2.29. The Kier molecular flexibility index (Phi) is 4.24. The lowest BCUT2D eigenvalue weighted by molar-refractivity contribution is 0.0678. The summed E-state index contributed by atoms with van der Waals surface area (Å²) >= 11 is 1.28. The second-order valence-electron chi connectivity index (χ2n) is 5.70. The lowest BCUT2D eigenvalue weighted by Crippen LogP contribution is -2.04. The number of alkyl halides is 2. The largest absolute Gasteiger partial charge is 0.319 e. The molecule has 0 bridgehead atoms. The van der Waals surface area contributed by atoms with E-state index in [0.717, 1.165) is 17.4 Å². The molecule has 0 amide bonds. The molecule has 1 fully saturated rings. The summed E-state index contributed by atoms with van der Waals surface area (Å²) in [6.45, 7) is -2.63. The molecule has 130 valence electrons. The molecule has 9 heteroatoms. The molecule has 2 heterocycles. The molecule has 4 rings (SSSR count). The van der Waals surface area contributed by atoms with Crippen molar-refractivity contribution in [2.24, 2.45) is 0 Å². The first-order valence-corrected chi connectivity index (χ1v) is 8.76. The van der Waals surface area contributed by atoms with E-state index in [1.807, 2.05) is 4.57 Å². The van der Waals surface area contributed by atoms with Gasteiger partial charge in [0.25, 0.3) is 0 Å².